The van der Waals surface area contributed by atoms with E-state index in [0.717, 1.165) is 11.1 Å². The molecule has 2 aromatic rings. The molecule has 0 atom stereocenters. The number of carbonyl (C=O) groups is 2. The summed E-state index contributed by atoms with van der Waals surface area (Å²) in [4.78, 5) is 23.6. The number of benzene rings is 2. The lowest BCUT2D eigenvalue weighted by Crippen LogP contribution is -2.40. The fourth-order valence-electron chi connectivity index (χ4n) is 2.71. The minimum Gasteiger partial charge on any atom is -0.493 e. The van der Waals surface area contributed by atoms with E-state index in [0.29, 0.717) is 24.5 Å². The monoisotopic (exact) mass is 371 g/mol. The predicted octanol–water partition coefficient (Wildman–Crippen LogP) is 3.04. The van der Waals surface area contributed by atoms with Crippen molar-refractivity contribution in [3.8, 4) is 11.5 Å². The molecule has 6 heteroatoms. The fraction of sp³-hybridized carbons (Fsp3) is 0.333. The second-order valence-electron chi connectivity index (χ2n) is 6.70. The Morgan fingerprint density at radius 1 is 1.00 bits per heavy atom. The van der Waals surface area contributed by atoms with Gasteiger partial charge in [-0.05, 0) is 55.7 Å². The zero-order valence-electron chi connectivity index (χ0n) is 16.0. The lowest BCUT2D eigenvalue weighted by Gasteiger charge is -2.25. The summed E-state index contributed by atoms with van der Waals surface area (Å²) in [5, 5.41) is 11.9. The molecule has 0 unspecified atom stereocenters. The van der Waals surface area contributed by atoms with Crippen molar-refractivity contribution >= 4 is 11.9 Å². The molecule has 0 spiro atoms. The molecule has 0 aliphatic carbocycles. The molecule has 0 bridgehead atoms. The highest BCUT2D eigenvalue weighted by Gasteiger charge is 2.30. The summed E-state index contributed by atoms with van der Waals surface area (Å²) >= 11 is 0. The Labute approximate surface area is 159 Å². The number of aromatic carboxylic acids is 1. The summed E-state index contributed by atoms with van der Waals surface area (Å²) in [5.74, 6) is 0.139. The molecule has 0 aliphatic rings. The highest BCUT2D eigenvalue weighted by Crippen LogP contribution is 2.33. The largest absolute Gasteiger partial charge is 0.493 e. The molecule has 144 valence electrons. The van der Waals surface area contributed by atoms with Crippen LogP contribution in [0.25, 0.3) is 0 Å². The smallest absolute Gasteiger partial charge is 0.335 e. The third kappa shape index (κ3) is 4.78. The molecule has 0 saturated carbocycles. The summed E-state index contributed by atoms with van der Waals surface area (Å²) in [6.07, 6.45) is 0.619. The summed E-state index contributed by atoms with van der Waals surface area (Å²) in [5.41, 5.74) is 1.29. The zero-order chi connectivity index (χ0) is 20.0. The van der Waals surface area contributed by atoms with Crippen molar-refractivity contribution in [2.24, 2.45) is 0 Å². The first-order chi connectivity index (χ1) is 12.8. The molecule has 0 radical (unpaired) electrons. The summed E-state index contributed by atoms with van der Waals surface area (Å²) < 4.78 is 10.6. The number of hydrogen-bond donors (Lipinski definition) is 2. The molecule has 0 aliphatic heterocycles. The van der Waals surface area contributed by atoms with E-state index in [1.54, 1.807) is 44.6 Å². The van der Waals surface area contributed by atoms with Crippen LogP contribution in [-0.4, -0.2) is 37.7 Å². The number of nitrogens with one attached hydrogen (secondary N) is 1. The Morgan fingerprint density at radius 2 is 1.63 bits per heavy atom. The van der Waals surface area contributed by atoms with Gasteiger partial charge in [0.05, 0.1) is 25.2 Å². The van der Waals surface area contributed by atoms with Gasteiger partial charge in [0.2, 0.25) is 5.91 Å². The molecular formula is C21H25NO5. The second kappa shape index (κ2) is 8.58. The van der Waals surface area contributed by atoms with Crippen molar-refractivity contribution in [1.82, 2.24) is 5.32 Å². The molecular weight excluding hydrogens is 346 g/mol. The van der Waals surface area contributed by atoms with Crippen molar-refractivity contribution in [2.75, 3.05) is 20.8 Å². The van der Waals surface area contributed by atoms with E-state index < -0.39 is 11.4 Å². The Morgan fingerprint density at radius 3 is 2.19 bits per heavy atom. The van der Waals surface area contributed by atoms with Gasteiger partial charge in [-0.3, -0.25) is 4.79 Å². The van der Waals surface area contributed by atoms with Gasteiger partial charge in [-0.15, -0.1) is 0 Å². The maximum atomic E-state index is 12.7. The maximum Gasteiger partial charge on any atom is 0.335 e. The number of amides is 1. The highest BCUT2D eigenvalue weighted by atomic mass is 16.5. The van der Waals surface area contributed by atoms with Crippen molar-refractivity contribution in [1.29, 1.82) is 0 Å². The molecule has 27 heavy (non-hydrogen) atoms. The van der Waals surface area contributed by atoms with Gasteiger partial charge in [0.1, 0.15) is 0 Å². The first kappa shape index (κ1) is 20.3. The summed E-state index contributed by atoms with van der Waals surface area (Å²) in [6.45, 7) is 4.17. The normalized spacial score (nSPS) is 11.0. The Hall–Kier alpha value is -3.02. The van der Waals surface area contributed by atoms with Crippen LogP contribution in [0.15, 0.2) is 42.5 Å². The molecule has 0 saturated heterocycles. The average molecular weight is 371 g/mol. The van der Waals surface area contributed by atoms with Crippen LogP contribution in [-0.2, 0) is 16.6 Å². The lowest BCUT2D eigenvalue weighted by molar-refractivity contribution is -0.125. The standard InChI is InChI=1S/C21H25NO5/c1-21(2,16-9-10-17(26-3)18(13-16)27-4)20(25)22-12-11-14-5-7-15(8-6-14)19(23)24/h5-10,13H,11-12H2,1-4H3,(H,22,25)(H,23,24). The van der Waals surface area contributed by atoms with Gasteiger partial charge in [-0.25, -0.2) is 4.79 Å². The number of ether oxygens (including phenoxy) is 2. The van der Waals surface area contributed by atoms with Crippen LogP contribution in [0.5, 0.6) is 11.5 Å². The topological polar surface area (TPSA) is 84.9 Å². The van der Waals surface area contributed by atoms with E-state index in [4.69, 9.17) is 14.6 Å². The molecule has 2 N–H and O–H groups in total. The highest BCUT2D eigenvalue weighted by molar-refractivity contribution is 5.88. The van der Waals surface area contributed by atoms with Crippen molar-refractivity contribution in [3.63, 3.8) is 0 Å². The van der Waals surface area contributed by atoms with Gasteiger partial charge in [0.25, 0.3) is 0 Å². The van der Waals surface area contributed by atoms with E-state index >= 15 is 0 Å². The molecule has 6 nitrogen and oxygen atoms in total. The SMILES string of the molecule is COc1ccc(C(C)(C)C(=O)NCCc2ccc(C(=O)O)cc2)cc1OC. The molecule has 2 rings (SSSR count). The van der Waals surface area contributed by atoms with Gasteiger partial charge >= 0.3 is 5.97 Å². The van der Waals surface area contributed by atoms with Crippen LogP contribution in [0.4, 0.5) is 0 Å². The third-order valence-corrected chi connectivity index (χ3v) is 4.57. The third-order valence-electron chi connectivity index (χ3n) is 4.57. The van der Waals surface area contributed by atoms with Crippen LogP contribution < -0.4 is 14.8 Å². The Balaban J connectivity index is 2.00. The number of hydrogen-bond acceptors (Lipinski definition) is 4. The molecule has 2 aromatic carbocycles. The van der Waals surface area contributed by atoms with Gasteiger partial charge in [0, 0.05) is 6.54 Å². The molecule has 1 amide bonds. The van der Waals surface area contributed by atoms with E-state index in [9.17, 15) is 9.59 Å². The van der Waals surface area contributed by atoms with Crippen LogP contribution >= 0.6 is 0 Å². The van der Waals surface area contributed by atoms with Crippen molar-refractivity contribution in [2.45, 2.75) is 25.7 Å². The van der Waals surface area contributed by atoms with E-state index in [1.165, 1.54) is 0 Å². The van der Waals surface area contributed by atoms with Crippen LogP contribution in [0.3, 0.4) is 0 Å². The number of carboxylic acid groups (broad SMARTS) is 1. The van der Waals surface area contributed by atoms with Gasteiger partial charge < -0.3 is 19.9 Å². The first-order valence-electron chi connectivity index (χ1n) is 8.62. The number of rotatable bonds is 8. The fourth-order valence-corrected chi connectivity index (χ4v) is 2.71. The molecule has 0 aromatic heterocycles. The van der Waals surface area contributed by atoms with Gasteiger partial charge in [0.15, 0.2) is 11.5 Å². The maximum absolute atomic E-state index is 12.7. The van der Waals surface area contributed by atoms with E-state index in [1.807, 2.05) is 26.0 Å². The van der Waals surface area contributed by atoms with Gasteiger partial charge in [-0.1, -0.05) is 18.2 Å². The second-order valence-corrected chi connectivity index (χ2v) is 6.70. The summed E-state index contributed by atoms with van der Waals surface area (Å²) in [6, 6.07) is 12.1. The predicted molar refractivity (Wildman–Crippen MR) is 103 cm³/mol. The Bertz CT molecular complexity index is 812. The van der Waals surface area contributed by atoms with Crippen LogP contribution in [0.2, 0.25) is 0 Å². The van der Waals surface area contributed by atoms with Crippen LogP contribution in [0, 0.1) is 0 Å². The van der Waals surface area contributed by atoms with Crippen molar-refractivity contribution < 1.29 is 24.2 Å². The molecule has 0 heterocycles. The Kier molecular flexibility index (Phi) is 6.45. The number of methoxy groups -OCH3 is 2. The van der Waals surface area contributed by atoms with Gasteiger partial charge in [-0.2, -0.15) is 0 Å². The molecule has 0 fully saturated rings. The minimum absolute atomic E-state index is 0.100. The minimum atomic E-state index is -0.952. The van der Waals surface area contributed by atoms with Crippen molar-refractivity contribution in [3.05, 3.63) is 59.2 Å². The van der Waals surface area contributed by atoms with Crippen LogP contribution in [0.1, 0.15) is 35.3 Å². The summed E-state index contributed by atoms with van der Waals surface area (Å²) in [7, 11) is 3.13. The number of carboxylic acids is 1. The lowest BCUT2D eigenvalue weighted by atomic mass is 9.83. The first-order valence-corrected chi connectivity index (χ1v) is 8.62. The number of carbonyl (C=O) groups excluding carboxylic acids is 1. The quantitative estimate of drug-likeness (QED) is 0.745. The average Bonchev–Trinajstić information content (AvgIpc) is 2.67. The zero-order valence-corrected chi connectivity index (χ0v) is 16.0. The van der Waals surface area contributed by atoms with E-state index in [-0.39, 0.29) is 11.5 Å². The van der Waals surface area contributed by atoms with E-state index in [2.05, 4.69) is 5.32 Å².